The Labute approximate surface area is 284 Å². The molecule has 0 spiro atoms. The second-order valence-electron chi connectivity index (χ2n) is 14.3. The lowest BCUT2D eigenvalue weighted by Crippen LogP contribution is -2.28. The molecule has 0 fully saturated rings. The Morgan fingerprint density at radius 3 is 2.41 bits per heavy atom. The van der Waals surface area contributed by atoms with Gasteiger partial charge in [0.2, 0.25) is 5.69 Å². The van der Waals surface area contributed by atoms with E-state index in [0.717, 1.165) is 62.3 Å². The molecule has 2 aromatic rings. The molecule has 0 radical (unpaired) electrons. The van der Waals surface area contributed by atoms with E-state index in [4.69, 9.17) is 11.6 Å². The van der Waals surface area contributed by atoms with E-state index in [-0.39, 0.29) is 10.8 Å². The Morgan fingerprint density at radius 1 is 0.913 bits per heavy atom. The summed E-state index contributed by atoms with van der Waals surface area (Å²) in [4.78, 5) is 2.54. The molecule has 46 heavy (non-hydrogen) atoms. The zero-order valence-corrected chi connectivity index (χ0v) is 29.9. The van der Waals surface area contributed by atoms with Gasteiger partial charge in [0.25, 0.3) is 0 Å². The van der Waals surface area contributed by atoms with Crippen LogP contribution in [0.15, 0.2) is 107 Å². The number of allylic oxidation sites excluding steroid dienone is 9. The van der Waals surface area contributed by atoms with Crippen LogP contribution in [0, 0.1) is 0 Å². The fraction of sp³-hybridized carbons (Fsp3) is 0.452. The molecular weight excluding hydrogens is 582 g/mol. The Bertz CT molecular complexity index is 1600. The van der Waals surface area contributed by atoms with E-state index in [1.807, 2.05) is 7.05 Å². The molecule has 0 amide bonds. The molecule has 244 valence electrons. The number of anilines is 1. The number of halogens is 1. The van der Waals surface area contributed by atoms with Crippen LogP contribution in [-0.2, 0) is 10.8 Å². The highest BCUT2D eigenvalue weighted by molar-refractivity contribution is 6.32. The van der Waals surface area contributed by atoms with Crippen molar-refractivity contribution in [2.24, 2.45) is 0 Å². The number of unbranched alkanes of at least 4 members (excludes halogenated alkanes) is 3. The molecule has 1 N–H and O–H groups in total. The number of rotatable bonds is 13. The van der Waals surface area contributed by atoms with Crippen LogP contribution in [-0.4, -0.2) is 30.4 Å². The summed E-state index contributed by atoms with van der Waals surface area (Å²) in [7, 11) is 1.96. The third kappa shape index (κ3) is 6.86. The highest BCUT2D eigenvalue weighted by atomic mass is 35.5. The van der Waals surface area contributed by atoms with Crippen molar-refractivity contribution in [3.8, 4) is 0 Å². The fourth-order valence-corrected chi connectivity index (χ4v) is 7.87. The first-order chi connectivity index (χ1) is 22.1. The standard InChI is InChI=1S/C42H55ClN3/c1-8-9-29-45-36-23-14-12-21-34(36)41(3,4)38(45)27-25-32-19-17-20-33(40(32)43)26-28-39-42(5,6)35-22-13-15-24-37(35)46(39)30-16-10-11-18-31(2)44-7/h12-15,21-28,44H,2,8-11,16-20,29-30H2,1,3-7H3/q+1. The maximum Gasteiger partial charge on any atom is 0.209 e. The van der Waals surface area contributed by atoms with Gasteiger partial charge in [0.15, 0.2) is 5.71 Å². The van der Waals surface area contributed by atoms with Gasteiger partial charge in [-0.2, -0.15) is 4.58 Å². The van der Waals surface area contributed by atoms with Crippen LogP contribution in [0.2, 0.25) is 0 Å². The largest absolute Gasteiger partial charge is 0.392 e. The average Bonchev–Trinajstić information content (AvgIpc) is 3.40. The van der Waals surface area contributed by atoms with E-state index in [1.54, 1.807) is 0 Å². The van der Waals surface area contributed by atoms with Crippen molar-refractivity contribution in [3.05, 3.63) is 118 Å². The number of fused-ring (bicyclic) bond motifs is 2. The number of nitrogens with one attached hydrogen (secondary N) is 1. The van der Waals surface area contributed by atoms with Crippen LogP contribution in [0.25, 0.3) is 0 Å². The summed E-state index contributed by atoms with van der Waals surface area (Å²) in [5, 5.41) is 4.11. The second-order valence-corrected chi connectivity index (χ2v) is 14.6. The van der Waals surface area contributed by atoms with Gasteiger partial charge >= 0.3 is 0 Å². The van der Waals surface area contributed by atoms with Crippen LogP contribution >= 0.6 is 11.6 Å². The van der Waals surface area contributed by atoms with E-state index in [2.05, 4.69) is 129 Å². The molecule has 4 heteroatoms. The molecule has 2 aliphatic heterocycles. The summed E-state index contributed by atoms with van der Waals surface area (Å²) >= 11 is 7.23. The molecule has 0 atom stereocenters. The predicted octanol–water partition coefficient (Wildman–Crippen LogP) is 11.0. The highest BCUT2D eigenvalue weighted by Gasteiger charge is 2.44. The van der Waals surface area contributed by atoms with E-state index in [1.165, 1.54) is 64.3 Å². The minimum Gasteiger partial charge on any atom is -0.392 e. The maximum absolute atomic E-state index is 7.23. The molecule has 0 saturated heterocycles. The molecule has 3 nitrogen and oxygen atoms in total. The Balaban J connectivity index is 1.42. The summed E-state index contributed by atoms with van der Waals surface area (Å²) < 4.78 is 2.56. The number of benzene rings is 2. The first kappa shape index (κ1) is 34.0. The van der Waals surface area contributed by atoms with Crippen molar-refractivity contribution in [1.29, 1.82) is 0 Å². The Kier molecular flexibility index (Phi) is 10.8. The molecule has 0 saturated carbocycles. The van der Waals surface area contributed by atoms with Gasteiger partial charge in [0, 0.05) is 65.2 Å². The SMILES string of the molecule is C=C(CCCCC[N+]1=C(C=CC2=C(Cl)C(=CC=C3N(CCCC)c4ccccc4C3(C)C)CCC2)C(C)(C)c2ccccc21)NC. The summed E-state index contributed by atoms with van der Waals surface area (Å²) in [5.74, 6) is 0. The average molecular weight is 637 g/mol. The molecular formula is C42H55ClN3+. The van der Waals surface area contributed by atoms with Crippen molar-refractivity contribution in [3.63, 3.8) is 0 Å². The molecule has 1 aliphatic carbocycles. The molecule has 3 aliphatic rings. The maximum atomic E-state index is 7.23. The minimum absolute atomic E-state index is 0.0426. The van der Waals surface area contributed by atoms with Crippen LogP contribution in [0.1, 0.15) is 104 Å². The third-order valence-electron chi connectivity index (χ3n) is 10.4. The van der Waals surface area contributed by atoms with E-state index >= 15 is 0 Å². The quantitative estimate of drug-likeness (QED) is 0.174. The van der Waals surface area contributed by atoms with Crippen LogP contribution in [0.3, 0.4) is 0 Å². The van der Waals surface area contributed by atoms with Crippen molar-refractivity contribution >= 4 is 28.7 Å². The van der Waals surface area contributed by atoms with E-state index < -0.39 is 0 Å². The molecule has 0 unspecified atom stereocenters. The molecule has 0 aromatic heterocycles. The third-order valence-corrected chi connectivity index (χ3v) is 10.9. The van der Waals surface area contributed by atoms with Crippen molar-refractivity contribution < 1.29 is 4.58 Å². The van der Waals surface area contributed by atoms with Crippen molar-refractivity contribution in [2.75, 3.05) is 25.0 Å². The zero-order chi connectivity index (χ0) is 32.9. The highest BCUT2D eigenvalue weighted by Crippen LogP contribution is 2.48. The fourth-order valence-electron chi connectivity index (χ4n) is 7.56. The topological polar surface area (TPSA) is 18.3 Å². The summed E-state index contributed by atoms with van der Waals surface area (Å²) in [6.45, 7) is 17.9. The lowest BCUT2D eigenvalue weighted by molar-refractivity contribution is -0.438. The Morgan fingerprint density at radius 2 is 1.65 bits per heavy atom. The number of hydrogen-bond donors (Lipinski definition) is 1. The van der Waals surface area contributed by atoms with E-state index in [9.17, 15) is 0 Å². The normalized spacial score (nSPS) is 20.3. The van der Waals surface area contributed by atoms with Crippen LogP contribution in [0.5, 0.6) is 0 Å². The minimum atomic E-state index is -0.0662. The van der Waals surface area contributed by atoms with Crippen molar-refractivity contribution in [1.82, 2.24) is 5.32 Å². The number of hydrogen-bond acceptors (Lipinski definition) is 2. The monoisotopic (exact) mass is 636 g/mol. The van der Waals surface area contributed by atoms with Gasteiger partial charge in [0.05, 0.1) is 5.41 Å². The number of para-hydroxylation sites is 2. The lowest BCUT2D eigenvalue weighted by Gasteiger charge is -2.27. The first-order valence-electron chi connectivity index (χ1n) is 17.6. The van der Waals surface area contributed by atoms with Gasteiger partial charge in [-0.3, -0.25) is 0 Å². The predicted molar refractivity (Wildman–Crippen MR) is 200 cm³/mol. The molecule has 2 aromatic carbocycles. The smallest absolute Gasteiger partial charge is 0.209 e. The van der Waals surface area contributed by atoms with Gasteiger partial charge in [-0.1, -0.05) is 93.9 Å². The van der Waals surface area contributed by atoms with Crippen molar-refractivity contribution in [2.45, 2.75) is 103 Å². The first-order valence-corrected chi connectivity index (χ1v) is 17.9. The summed E-state index contributed by atoms with van der Waals surface area (Å²) in [6, 6.07) is 17.8. The van der Waals surface area contributed by atoms with Gasteiger partial charge in [0.1, 0.15) is 6.54 Å². The Hall–Kier alpha value is -3.30. The second kappa shape index (κ2) is 14.6. The number of nitrogens with zero attached hydrogens (tertiary/aromatic N) is 2. The molecule has 2 heterocycles. The lowest BCUT2D eigenvalue weighted by atomic mass is 9.81. The summed E-state index contributed by atoms with van der Waals surface area (Å²) in [5.41, 5.74) is 11.8. The van der Waals surface area contributed by atoms with E-state index in [0.29, 0.717) is 0 Å². The molecule has 5 rings (SSSR count). The van der Waals surface area contributed by atoms with Gasteiger partial charge < -0.3 is 10.2 Å². The summed E-state index contributed by atoms with van der Waals surface area (Å²) in [6.07, 6.45) is 19.4. The van der Waals surface area contributed by atoms with Gasteiger partial charge in [-0.05, 0) is 87.6 Å². The van der Waals surface area contributed by atoms with Crippen LogP contribution in [0.4, 0.5) is 11.4 Å². The van der Waals surface area contributed by atoms with Gasteiger partial charge in [-0.25, -0.2) is 0 Å². The zero-order valence-electron chi connectivity index (χ0n) is 29.2. The van der Waals surface area contributed by atoms with Gasteiger partial charge in [-0.15, -0.1) is 0 Å². The van der Waals surface area contributed by atoms with Crippen LogP contribution < -0.4 is 10.2 Å². The molecule has 0 bridgehead atoms.